The molecule has 3 N–H and O–H groups in total. The molecule has 3 aliphatic heterocycles. The number of carboxylic acids is 2. The number of aromatic nitrogens is 2. The molecular weight excluding hydrogens is 366 g/mol. The van der Waals surface area contributed by atoms with Gasteiger partial charge in [0.15, 0.2) is 0 Å². The van der Waals surface area contributed by atoms with E-state index >= 15 is 0 Å². The van der Waals surface area contributed by atoms with Gasteiger partial charge in [0.1, 0.15) is 5.03 Å². The third kappa shape index (κ3) is 5.91. The Balaban J connectivity index is 0.000000326. The Morgan fingerprint density at radius 2 is 1.84 bits per heavy atom. The lowest BCUT2D eigenvalue weighted by molar-refractivity contribution is -0.159. The van der Waals surface area contributed by atoms with Gasteiger partial charge in [0.2, 0.25) is 0 Å². The van der Waals surface area contributed by atoms with Gasteiger partial charge >= 0.3 is 11.9 Å². The number of piperidine rings is 3. The smallest absolute Gasteiger partial charge is 0.414 e. The number of hydrogen-bond acceptors (Lipinski definition) is 8. The quantitative estimate of drug-likeness (QED) is 0.376. The average molecular weight is 389 g/mol. The van der Waals surface area contributed by atoms with Crippen LogP contribution in [0, 0.1) is 5.92 Å². The zero-order valence-electron chi connectivity index (χ0n) is 13.8. The van der Waals surface area contributed by atoms with E-state index in [2.05, 4.69) is 13.6 Å². The maximum absolute atomic E-state index is 9.10. The van der Waals surface area contributed by atoms with Gasteiger partial charge in [-0.25, -0.2) is 9.59 Å². The molecule has 0 radical (unpaired) electrons. The minimum Gasteiger partial charge on any atom is -0.473 e. The highest BCUT2D eigenvalue weighted by Crippen LogP contribution is 2.41. The Hall–Kier alpha value is -1.23. The van der Waals surface area contributed by atoms with Gasteiger partial charge in [-0.15, -0.1) is 11.8 Å². The van der Waals surface area contributed by atoms with E-state index in [1.807, 2.05) is 11.8 Å². The van der Waals surface area contributed by atoms with Crippen LogP contribution in [0.5, 0.6) is 0 Å². The van der Waals surface area contributed by atoms with Crippen LogP contribution in [0.2, 0.25) is 0 Å². The first-order valence-electron chi connectivity index (χ1n) is 8.27. The van der Waals surface area contributed by atoms with Gasteiger partial charge in [0.05, 0.1) is 17.4 Å². The summed E-state index contributed by atoms with van der Waals surface area (Å²) in [5.74, 6) is -1.17. The minimum atomic E-state index is -1.82. The molecule has 3 aliphatic rings. The van der Waals surface area contributed by atoms with Gasteiger partial charge in [-0.2, -0.15) is 8.75 Å². The van der Waals surface area contributed by atoms with E-state index < -0.39 is 11.9 Å². The van der Waals surface area contributed by atoms with Crippen LogP contribution in [0.15, 0.2) is 5.03 Å². The van der Waals surface area contributed by atoms with Crippen molar-refractivity contribution in [1.29, 1.82) is 0 Å². The van der Waals surface area contributed by atoms with Crippen molar-refractivity contribution in [2.45, 2.75) is 36.6 Å². The molecule has 10 heteroatoms. The molecule has 1 aromatic rings. The maximum Gasteiger partial charge on any atom is 0.414 e. The van der Waals surface area contributed by atoms with Crippen LogP contribution in [0.4, 0.5) is 0 Å². The fraction of sp³-hybridized carbons (Fsp3) is 0.733. The van der Waals surface area contributed by atoms with E-state index in [0.717, 1.165) is 29.5 Å². The molecule has 1 unspecified atom stereocenters. The second kappa shape index (κ2) is 10.0. The molecule has 25 heavy (non-hydrogen) atoms. The number of aliphatic hydroxyl groups is 1. The summed E-state index contributed by atoms with van der Waals surface area (Å²) in [5, 5.41) is 24.7. The van der Waals surface area contributed by atoms with Crippen LogP contribution >= 0.6 is 23.5 Å². The van der Waals surface area contributed by atoms with Crippen molar-refractivity contribution in [2.24, 2.45) is 5.92 Å². The fourth-order valence-corrected chi connectivity index (χ4v) is 4.95. The van der Waals surface area contributed by atoms with Crippen LogP contribution in [-0.4, -0.2) is 72.9 Å². The SMILES string of the molecule is O=C(O)C(=O)O.OCCCCSc1nsnc1C1CN2CCC1CC2. The van der Waals surface area contributed by atoms with Crippen molar-refractivity contribution in [1.82, 2.24) is 13.6 Å². The lowest BCUT2D eigenvalue weighted by Crippen LogP contribution is -2.46. The lowest BCUT2D eigenvalue weighted by atomic mass is 9.78. The summed E-state index contributed by atoms with van der Waals surface area (Å²) in [5.41, 5.74) is 1.26. The summed E-state index contributed by atoms with van der Waals surface area (Å²) >= 11 is 3.18. The Bertz CT molecular complexity index is 563. The predicted octanol–water partition coefficient (Wildman–Crippen LogP) is 1.37. The van der Waals surface area contributed by atoms with Crippen LogP contribution in [0.25, 0.3) is 0 Å². The van der Waals surface area contributed by atoms with Crippen molar-refractivity contribution in [3.63, 3.8) is 0 Å². The first-order valence-corrected chi connectivity index (χ1v) is 9.99. The Kier molecular flexibility index (Phi) is 8.07. The number of unbranched alkanes of at least 4 members (excludes halogenated alkanes) is 1. The molecule has 0 amide bonds. The molecule has 140 valence electrons. The van der Waals surface area contributed by atoms with Crippen LogP contribution in [0.3, 0.4) is 0 Å². The molecule has 3 saturated heterocycles. The average Bonchev–Trinajstić information content (AvgIpc) is 3.08. The highest BCUT2D eigenvalue weighted by atomic mass is 32.2. The van der Waals surface area contributed by atoms with E-state index in [0.29, 0.717) is 12.5 Å². The number of carboxylic acid groups (broad SMARTS) is 2. The number of thioether (sulfide) groups is 1. The normalized spacial score (nSPS) is 24.4. The molecule has 0 saturated carbocycles. The van der Waals surface area contributed by atoms with E-state index in [4.69, 9.17) is 24.9 Å². The largest absolute Gasteiger partial charge is 0.473 e. The van der Waals surface area contributed by atoms with Gasteiger partial charge in [0, 0.05) is 19.1 Å². The molecule has 0 spiro atoms. The van der Waals surface area contributed by atoms with Gasteiger partial charge in [-0.3, -0.25) is 0 Å². The first-order chi connectivity index (χ1) is 12.0. The lowest BCUT2D eigenvalue weighted by Gasteiger charge is -2.44. The van der Waals surface area contributed by atoms with Crippen molar-refractivity contribution >= 4 is 35.4 Å². The Labute approximate surface area is 154 Å². The third-order valence-corrected chi connectivity index (χ3v) is 6.19. The number of aliphatic carboxylic acids is 2. The summed E-state index contributed by atoms with van der Waals surface area (Å²) in [6.07, 6.45) is 4.60. The summed E-state index contributed by atoms with van der Waals surface area (Å²) < 4.78 is 9.08. The standard InChI is InChI=1S/C13H21N3OS2.C2H2O4/c17-7-1-2-8-18-13-12(14-19-15-13)11-9-16-5-3-10(11)4-6-16;3-1(4)2(5)6/h10-11,17H,1-9H2;(H,3,4)(H,5,6). The highest BCUT2D eigenvalue weighted by molar-refractivity contribution is 7.99. The third-order valence-electron chi connectivity index (χ3n) is 4.46. The van der Waals surface area contributed by atoms with Crippen molar-refractivity contribution in [3.8, 4) is 0 Å². The molecule has 0 aliphatic carbocycles. The number of aliphatic hydroxyl groups excluding tert-OH is 1. The van der Waals surface area contributed by atoms with Crippen molar-refractivity contribution in [2.75, 3.05) is 32.0 Å². The van der Waals surface area contributed by atoms with Gasteiger partial charge < -0.3 is 20.2 Å². The Morgan fingerprint density at radius 3 is 2.36 bits per heavy atom. The summed E-state index contributed by atoms with van der Waals surface area (Å²) in [6.45, 7) is 4.03. The maximum atomic E-state index is 9.10. The molecular formula is C15H23N3O5S2. The number of hydrogen-bond donors (Lipinski definition) is 3. The Morgan fingerprint density at radius 1 is 1.16 bits per heavy atom. The molecule has 0 aromatic carbocycles. The summed E-state index contributed by atoms with van der Waals surface area (Å²) in [4.78, 5) is 20.8. The van der Waals surface area contributed by atoms with E-state index in [1.54, 1.807) is 0 Å². The second-order valence-corrected chi connectivity index (χ2v) is 7.70. The molecule has 8 nitrogen and oxygen atoms in total. The number of carbonyl (C=O) groups is 2. The number of rotatable bonds is 6. The topological polar surface area (TPSA) is 124 Å². The number of fused-ring (bicyclic) bond motifs is 3. The zero-order valence-corrected chi connectivity index (χ0v) is 15.5. The fourth-order valence-electron chi connectivity index (χ4n) is 3.17. The minimum absolute atomic E-state index is 0.294. The van der Waals surface area contributed by atoms with Crippen LogP contribution in [-0.2, 0) is 9.59 Å². The molecule has 4 rings (SSSR count). The van der Waals surface area contributed by atoms with Gasteiger partial charge in [-0.05, 0) is 50.4 Å². The van der Waals surface area contributed by atoms with Crippen molar-refractivity contribution < 1.29 is 24.9 Å². The highest BCUT2D eigenvalue weighted by Gasteiger charge is 2.37. The monoisotopic (exact) mass is 389 g/mol. The summed E-state index contributed by atoms with van der Waals surface area (Å²) in [7, 11) is 0. The molecule has 3 fully saturated rings. The van der Waals surface area contributed by atoms with Crippen LogP contribution < -0.4 is 0 Å². The van der Waals surface area contributed by atoms with Gasteiger partial charge in [0.25, 0.3) is 0 Å². The summed E-state index contributed by atoms with van der Waals surface area (Å²) in [6, 6.07) is 0. The molecule has 2 bridgehead atoms. The predicted molar refractivity (Wildman–Crippen MR) is 94.1 cm³/mol. The zero-order chi connectivity index (χ0) is 18.2. The second-order valence-electron chi connectivity index (χ2n) is 6.09. The first kappa shape index (κ1) is 20.1. The van der Waals surface area contributed by atoms with E-state index in [1.165, 1.54) is 49.9 Å². The molecule has 4 heterocycles. The van der Waals surface area contributed by atoms with Crippen LogP contribution in [0.1, 0.15) is 37.3 Å². The molecule has 1 atom stereocenters. The van der Waals surface area contributed by atoms with E-state index in [9.17, 15) is 0 Å². The van der Waals surface area contributed by atoms with Gasteiger partial charge in [-0.1, -0.05) is 0 Å². The van der Waals surface area contributed by atoms with Crippen molar-refractivity contribution in [3.05, 3.63) is 5.69 Å². The van der Waals surface area contributed by atoms with E-state index in [-0.39, 0.29) is 0 Å². The number of nitrogens with zero attached hydrogens (tertiary/aromatic N) is 3. The molecule has 1 aromatic heterocycles.